The molecule has 3 aliphatic carbocycles. The first-order valence-corrected chi connectivity index (χ1v) is 13.3. The first kappa shape index (κ1) is 27.7. The van der Waals surface area contributed by atoms with Gasteiger partial charge < -0.3 is 21.1 Å². The average Bonchev–Trinajstić information content (AvgIpc) is 3.49. The maximum Gasteiger partial charge on any atom is 0.269 e. The minimum atomic E-state index is -1.78. The van der Waals surface area contributed by atoms with Crippen LogP contribution in [0.15, 0.2) is 42.1 Å². The summed E-state index contributed by atoms with van der Waals surface area (Å²) < 4.78 is 47.8. The van der Waals surface area contributed by atoms with Crippen LogP contribution in [0.5, 0.6) is 5.75 Å². The molecule has 0 aliphatic heterocycles. The lowest BCUT2D eigenvalue weighted by atomic mass is 9.70. The van der Waals surface area contributed by atoms with Crippen molar-refractivity contribution < 1.29 is 32.3 Å². The maximum absolute atomic E-state index is 15.0. The molecule has 11 heteroatoms. The van der Waals surface area contributed by atoms with Crippen LogP contribution in [0.2, 0.25) is 0 Å². The van der Waals surface area contributed by atoms with Crippen LogP contribution in [0.3, 0.4) is 0 Å². The van der Waals surface area contributed by atoms with E-state index in [9.17, 15) is 23.2 Å². The van der Waals surface area contributed by atoms with Gasteiger partial charge in [-0.1, -0.05) is 13.3 Å². The molecule has 3 saturated carbocycles. The van der Waals surface area contributed by atoms with Crippen LogP contribution in [-0.4, -0.2) is 42.4 Å². The molecule has 2 bridgehead atoms. The number of ether oxygens (including phenoxy) is 1. The number of halogens is 3. The van der Waals surface area contributed by atoms with Crippen molar-refractivity contribution in [1.82, 2.24) is 15.6 Å². The van der Waals surface area contributed by atoms with E-state index in [0.29, 0.717) is 13.0 Å². The number of rotatable bonds is 8. The third-order valence-corrected chi connectivity index (χ3v) is 8.76. The van der Waals surface area contributed by atoms with E-state index in [-0.39, 0.29) is 57.4 Å². The number of methoxy groups -OCH3 is 1. The van der Waals surface area contributed by atoms with Crippen molar-refractivity contribution in [2.45, 2.75) is 45.1 Å². The molecule has 0 unspecified atom stereocenters. The number of primary amides is 1. The fraction of sp³-hybridized carbons (Fsp3) is 0.448. The number of nitrogens with two attached hydrogens (primary N) is 1. The van der Waals surface area contributed by atoms with E-state index in [2.05, 4.69) is 22.5 Å². The molecule has 8 nitrogen and oxygen atoms in total. The van der Waals surface area contributed by atoms with Crippen molar-refractivity contribution in [3.8, 4) is 17.0 Å². The number of fused-ring (bicyclic) bond motifs is 2. The van der Waals surface area contributed by atoms with Crippen LogP contribution in [0.1, 0.15) is 59.7 Å². The van der Waals surface area contributed by atoms with Gasteiger partial charge in [-0.25, -0.2) is 4.39 Å². The van der Waals surface area contributed by atoms with Gasteiger partial charge in [-0.05, 0) is 55.2 Å². The molecule has 1 heterocycles. The lowest BCUT2D eigenvalue weighted by Crippen LogP contribution is -2.52. The highest BCUT2D eigenvalue weighted by Crippen LogP contribution is 2.53. The second-order valence-corrected chi connectivity index (χ2v) is 11.3. The molecule has 1 aromatic carbocycles. The Morgan fingerprint density at radius 3 is 2.58 bits per heavy atom. The first-order valence-electron chi connectivity index (χ1n) is 13.3. The highest BCUT2D eigenvalue weighted by molar-refractivity contribution is 5.99. The van der Waals surface area contributed by atoms with E-state index >= 15 is 4.39 Å². The Bertz CT molecular complexity index is 1400. The molecule has 0 radical (unpaired) electrons. The topological polar surface area (TPSA) is 123 Å². The zero-order chi connectivity index (χ0) is 28.8. The summed E-state index contributed by atoms with van der Waals surface area (Å²) in [5, 5.41) is 5.81. The largest absolute Gasteiger partial charge is 0.496 e. The second-order valence-electron chi connectivity index (χ2n) is 11.3. The Balaban J connectivity index is 1.44. The van der Waals surface area contributed by atoms with Gasteiger partial charge in [0.15, 0.2) is 0 Å². The van der Waals surface area contributed by atoms with Gasteiger partial charge >= 0.3 is 0 Å². The zero-order valence-corrected chi connectivity index (χ0v) is 22.2. The highest BCUT2D eigenvalue weighted by Gasteiger charge is 2.55. The van der Waals surface area contributed by atoms with Crippen molar-refractivity contribution in [2.24, 2.45) is 28.9 Å². The number of aromatic nitrogens is 1. The number of pyridine rings is 1. The Morgan fingerprint density at radius 2 is 1.95 bits per heavy atom. The molecule has 4 N–H and O–H groups in total. The second kappa shape index (κ2) is 10.6. The molecule has 1 aromatic heterocycles. The minimum Gasteiger partial charge on any atom is -0.496 e. The first-order chi connectivity index (χ1) is 19.0. The number of benzene rings is 1. The van der Waals surface area contributed by atoms with Crippen LogP contribution in [-0.2, 0) is 4.79 Å². The summed E-state index contributed by atoms with van der Waals surface area (Å²) in [5.74, 6) is -4.23. The predicted molar refractivity (Wildman–Crippen MR) is 140 cm³/mol. The molecule has 40 heavy (non-hydrogen) atoms. The maximum atomic E-state index is 15.0. The molecule has 3 fully saturated rings. The number of nitrogens with zero attached hydrogens (tertiary/aromatic N) is 1. The van der Waals surface area contributed by atoms with Crippen LogP contribution in [0, 0.1) is 29.0 Å². The smallest absolute Gasteiger partial charge is 0.269 e. The molecule has 0 spiro atoms. The molecule has 3 amide bonds. The lowest BCUT2D eigenvalue weighted by molar-refractivity contribution is -0.127. The highest BCUT2D eigenvalue weighted by atomic mass is 19.3. The molecular formula is C29H31F3N4O4. The minimum absolute atomic E-state index is 0.0276. The summed E-state index contributed by atoms with van der Waals surface area (Å²) in [5.41, 5.74) is 5.34. The Labute approximate surface area is 229 Å². The van der Waals surface area contributed by atoms with E-state index < -0.39 is 41.6 Å². The number of hydrogen-bond donors (Lipinski definition) is 3. The fourth-order valence-electron chi connectivity index (χ4n) is 6.38. The normalized spacial score (nSPS) is 24.3. The zero-order valence-electron chi connectivity index (χ0n) is 22.2. The van der Waals surface area contributed by atoms with E-state index in [4.69, 9.17) is 10.5 Å². The SMILES string of the molecule is COc1cc(F)c(-c2cc(C(N)=O)ccn2)cc1C(=O)N[C@H]1[C@@H](C(=O)NCC2(C)CCC2)[C@@H]2CC(=C(F)F)[C@H]1C2. The molecule has 2 aromatic rings. The standard InChI is InChI=1S/C29H31F3N4O4/c1-29(5-3-6-29)13-35-28(39)23-15-8-16(17(9-15)25(31)32)24(23)36-27(38)19-11-18(20(30)12-22(19)40-2)21-10-14(26(33)37)4-7-34-21/h4,7,10-12,15-16,23-24H,3,5-6,8-9,13H2,1-2H3,(H2,33,37)(H,35,39)(H,36,38)/t15-,16+,23-,24+/m0/s1. The quantitative estimate of drug-likeness (QED) is 0.450. The Kier molecular flexibility index (Phi) is 7.32. The average molecular weight is 557 g/mol. The summed E-state index contributed by atoms with van der Waals surface area (Å²) in [7, 11) is 1.27. The van der Waals surface area contributed by atoms with E-state index in [1.165, 1.54) is 31.5 Å². The van der Waals surface area contributed by atoms with Crippen LogP contribution in [0.25, 0.3) is 11.3 Å². The van der Waals surface area contributed by atoms with Gasteiger partial charge in [-0.2, -0.15) is 8.78 Å². The summed E-state index contributed by atoms with van der Waals surface area (Å²) in [6.45, 7) is 2.59. The number of carbonyl (C=O) groups is 3. The summed E-state index contributed by atoms with van der Waals surface area (Å²) in [6, 6.07) is 4.05. The molecule has 5 rings (SSSR count). The molecule has 3 aliphatic rings. The van der Waals surface area contributed by atoms with Crippen molar-refractivity contribution in [2.75, 3.05) is 13.7 Å². The van der Waals surface area contributed by atoms with Crippen LogP contribution in [0.4, 0.5) is 13.2 Å². The van der Waals surface area contributed by atoms with Gasteiger partial charge in [-0.3, -0.25) is 19.4 Å². The predicted octanol–water partition coefficient (Wildman–Crippen LogP) is 4.21. The fourth-order valence-corrected chi connectivity index (χ4v) is 6.38. The van der Waals surface area contributed by atoms with Crippen molar-refractivity contribution in [1.29, 1.82) is 0 Å². The number of hydrogen-bond acceptors (Lipinski definition) is 5. The van der Waals surface area contributed by atoms with Crippen molar-refractivity contribution in [3.63, 3.8) is 0 Å². The number of nitrogens with one attached hydrogen (secondary N) is 2. The third-order valence-electron chi connectivity index (χ3n) is 8.76. The number of carbonyl (C=O) groups excluding carboxylic acids is 3. The van der Waals surface area contributed by atoms with Gasteiger partial charge in [0.1, 0.15) is 11.6 Å². The van der Waals surface area contributed by atoms with Crippen LogP contribution >= 0.6 is 0 Å². The lowest BCUT2D eigenvalue weighted by Gasteiger charge is -2.39. The Hall–Kier alpha value is -3.89. The number of amides is 3. The van der Waals surface area contributed by atoms with Gasteiger partial charge in [0.05, 0.1) is 24.3 Å². The molecule has 212 valence electrons. The van der Waals surface area contributed by atoms with E-state index in [0.717, 1.165) is 25.3 Å². The van der Waals surface area contributed by atoms with Gasteiger partial charge in [0, 0.05) is 47.5 Å². The van der Waals surface area contributed by atoms with E-state index in [1.54, 1.807) is 0 Å². The van der Waals surface area contributed by atoms with Crippen molar-refractivity contribution >= 4 is 17.7 Å². The molecule has 4 atom stereocenters. The summed E-state index contributed by atoms with van der Waals surface area (Å²) in [4.78, 5) is 42.6. The Morgan fingerprint density at radius 1 is 1.20 bits per heavy atom. The van der Waals surface area contributed by atoms with Crippen LogP contribution < -0.4 is 21.1 Å². The summed E-state index contributed by atoms with van der Waals surface area (Å²) in [6.07, 6.45) is 3.11. The van der Waals surface area contributed by atoms with Gasteiger partial charge in [-0.15, -0.1) is 0 Å². The summed E-state index contributed by atoms with van der Waals surface area (Å²) >= 11 is 0. The van der Waals surface area contributed by atoms with Gasteiger partial charge in [0.25, 0.3) is 12.0 Å². The van der Waals surface area contributed by atoms with Crippen molar-refractivity contribution in [3.05, 3.63) is 59.1 Å². The monoisotopic (exact) mass is 556 g/mol. The molecule has 0 saturated heterocycles. The third kappa shape index (κ3) is 5.04. The van der Waals surface area contributed by atoms with Gasteiger partial charge in [0.2, 0.25) is 11.8 Å². The molecular weight excluding hydrogens is 525 g/mol. The van der Waals surface area contributed by atoms with E-state index in [1.807, 2.05) is 0 Å².